The highest BCUT2D eigenvalue weighted by atomic mass is 127. The molecular formula is C24H36IN5O. The van der Waals surface area contributed by atoms with E-state index in [1.807, 2.05) is 18.3 Å². The first-order valence-corrected chi connectivity index (χ1v) is 11.1. The molecule has 1 aliphatic heterocycles. The van der Waals surface area contributed by atoms with Crippen LogP contribution >= 0.6 is 24.0 Å². The van der Waals surface area contributed by atoms with Gasteiger partial charge in [-0.3, -0.25) is 0 Å². The molecule has 2 aromatic rings. The van der Waals surface area contributed by atoms with Crippen LogP contribution in [0.2, 0.25) is 0 Å². The molecule has 1 atom stereocenters. The summed E-state index contributed by atoms with van der Waals surface area (Å²) in [6.45, 7) is 8.92. The molecule has 2 N–H and O–H groups in total. The van der Waals surface area contributed by atoms with E-state index in [-0.39, 0.29) is 24.0 Å². The van der Waals surface area contributed by atoms with E-state index in [0.29, 0.717) is 12.5 Å². The Morgan fingerprint density at radius 2 is 1.90 bits per heavy atom. The lowest BCUT2D eigenvalue weighted by Gasteiger charge is -2.17. The van der Waals surface area contributed by atoms with Gasteiger partial charge in [-0.25, -0.2) is 9.98 Å². The molecule has 1 aromatic carbocycles. The van der Waals surface area contributed by atoms with Crippen molar-refractivity contribution in [3.8, 4) is 5.75 Å². The van der Waals surface area contributed by atoms with Gasteiger partial charge in [0.05, 0.1) is 13.7 Å². The monoisotopic (exact) mass is 537 g/mol. The van der Waals surface area contributed by atoms with E-state index in [1.165, 1.54) is 24.0 Å². The molecule has 0 aliphatic carbocycles. The number of aliphatic imine (C=N–C) groups is 1. The molecule has 1 aromatic heterocycles. The maximum atomic E-state index is 5.25. The molecule has 0 spiro atoms. The topological polar surface area (TPSA) is 61.8 Å². The number of halogens is 1. The van der Waals surface area contributed by atoms with Gasteiger partial charge in [0.1, 0.15) is 11.6 Å². The molecule has 1 saturated heterocycles. The molecule has 170 valence electrons. The van der Waals surface area contributed by atoms with Crippen LogP contribution in [0, 0.1) is 0 Å². The summed E-state index contributed by atoms with van der Waals surface area (Å²) in [5, 5.41) is 6.82. The Morgan fingerprint density at radius 1 is 1.16 bits per heavy atom. The first-order chi connectivity index (χ1) is 14.7. The molecule has 0 bridgehead atoms. The van der Waals surface area contributed by atoms with Crippen molar-refractivity contribution in [2.45, 2.75) is 45.6 Å². The number of pyridine rings is 1. The third-order valence-electron chi connectivity index (χ3n) is 5.56. The number of rotatable bonds is 9. The van der Waals surface area contributed by atoms with Gasteiger partial charge in [-0.2, -0.15) is 0 Å². The van der Waals surface area contributed by atoms with Crippen molar-refractivity contribution in [3.05, 3.63) is 53.7 Å². The van der Waals surface area contributed by atoms with E-state index >= 15 is 0 Å². The van der Waals surface area contributed by atoms with E-state index in [0.717, 1.165) is 50.1 Å². The van der Waals surface area contributed by atoms with Crippen LogP contribution < -0.4 is 20.3 Å². The molecule has 3 rings (SSSR count). The zero-order chi connectivity index (χ0) is 21.2. The molecule has 1 aliphatic rings. The first-order valence-electron chi connectivity index (χ1n) is 11.1. The minimum absolute atomic E-state index is 0. The van der Waals surface area contributed by atoms with Crippen LogP contribution in [-0.4, -0.2) is 44.2 Å². The normalized spacial score (nSPS) is 14.7. The van der Waals surface area contributed by atoms with E-state index < -0.39 is 0 Å². The number of benzene rings is 1. The quantitative estimate of drug-likeness (QED) is 0.279. The molecular weight excluding hydrogens is 501 g/mol. The SMILES string of the molecule is CCNC(=NCc1ccnc(N2CCCC2)c1)NCCC(C)c1ccc(OC)cc1.I. The van der Waals surface area contributed by atoms with Gasteiger partial charge in [-0.15, -0.1) is 24.0 Å². The van der Waals surface area contributed by atoms with E-state index in [1.54, 1.807) is 7.11 Å². The summed E-state index contributed by atoms with van der Waals surface area (Å²) in [5.41, 5.74) is 2.52. The van der Waals surface area contributed by atoms with Crippen LogP contribution in [0.4, 0.5) is 5.82 Å². The average Bonchev–Trinajstić information content (AvgIpc) is 3.33. The highest BCUT2D eigenvalue weighted by Crippen LogP contribution is 2.21. The van der Waals surface area contributed by atoms with E-state index in [2.05, 4.69) is 58.6 Å². The third kappa shape index (κ3) is 7.87. The smallest absolute Gasteiger partial charge is 0.191 e. The lowest BCUT2D eigenvalue weighted by atomic mass is 9.98. The van der Waals surface area contributed by atoms with Crippen LogP contribution in [0.5, 0.6) is 5.75 Å². The van der Waals surface area contributed by atoms with Gasteiger partial charge in [0, 0.05) is 32.4 Å². The Hall–Kier alpha value is -2.03. The molecule has 7 heteroatoms. The highest BCUT2D eigenvalue weighted by Gasteiger charge is 2.13. The number of anilines is 1. The standard InChI is InChI=1S/C24H35N5O.HI/c1-4-25-24(27-13-11-19(2)21-7-9-22(30-3)10-8-21)28-18-20-12-14-26-23(17-20)29-15-5-6-16-29;/h7-10,12,14,17,19H,4-6,11,13,15-16,18H2,1-3H3,(H2,25,27,28);1H. The first kappa shape index (κ1) is 25.2. The fraction of sp³-hybridized carbons (Fsp3) is 0.500. The highest BCUT2D eigenvalue weighted by molar-refractivity contribution is 14.0. The summed E-state index contributed by atoms with van der Waals surface area (Å²) in [7, 11) is 1.70. The number of ether oxygens (including phenoxy) is 1. The third-order valence-corrected chi connectivity index (χ3v) is 5.56. The van der Waals surface area contributed by atoms with Crippen molar-refractivity contribution in [2.24, 2.45) is 4.99 Å². The molecule has 0 radical (unpaired) electrons. The van der Waals surface area contributed by atoms with Gasteiger partial charge >= 0.3 is 0 Å². The lowest BCUT2D eigenvalue weighted by molar-refractivity contribution is 0.414. The summed E-state index contributed by atoms with van der Waals surface area (Å²) in [6.07, 6.45) is 5.45. The van der Waals surface area contributed by atoms with Crippen molar-refractivity contribution in [1.82, 2.24) is 15.6 Å². The zero-order valence-corrected chi connectivity index (χ0v) is 21.3. The number of nitrogens with zero attached hydrogens (tertiary/aromatic N) is 3. The Kier molecular flexibility index (Phi) is 10.9. The number of aromatic nitrogens is 1. The summed E-state index contributed by atoms with van der Waals surface area (Å²) in [6, 6.07) is 12.6. The molecule has 2 heterocycles. The summed E-state index contributed by atoms with van der Waals surface area (Å²) < 4.78 is 5.25. The fourth-order valence-corrected chi connectivity index (χ4v) is 3.70. The predicted octanol–water partition coefficient (Wildman–Crippen LogP) is 4.56. The zero-order valence-electron chi connectivity index (χ0n) is 18.9. The Balaban J connectivity index is 0.00000341. The van der Waals surface area contributed by atoms with Gasteiger partial charge in [-0.05, 0) is 67.5 Å². The van der Waals surface area contributed by atoms with Crippen molar-refractivity contribution >= 4 is 35.8 Å². The van der Waals surface area contributed by atoms with Gasteiger partial charge in [0.2, 0.25) is 0 Å². The molecule has 0 saturated carbocycles. The second kappa shape index (κ2) is 13.4. The molecule has 1 unspecified atom stereocenters. The second-order valence-corrected chi connectivity index (χ2v) is 7.80. The fourth-order valence-electron chi connectivity index (χ4n) is 3.70. The van der Waals surface area contributed by atoms with Gasteiger partial charge in [0.15, 0.2) is 5.96 Å². The van der Waals surface area contributed by atoms with E-state index in [4.69, 9.17) is 9.73 Å². The van der Waals surface area contributed by atoms with Crippen molar-refractivity contribution in [3.63, 3.8) is 0 Å². The van der Waals surface area contributed by atoms with Crippen LogP contribution in [0.15, 0.2) is 47.6 Å². The lowest BCUT2D eigenvalue weighted by Crippen LogP contribution is -2.38. The number of hydrogen-bond donors (Lipinski definition) is 2. The Morgan fingerprint density at radius 3 is 2.58 bits per heavy atom. The molecule has 31 heavy (non-hydrogen) atoms. The number of methoxy groups -OCH3 is 1. The Bertz CT molecular complexity index is 806. The maximum Gasteiger partial charge on any atom is 0.191 e. The van der Waals surface area contributed by atoms with Crippen LogP contribution in [0.25, 0.3) is 0 Å². The minimum atomic E-state index is 0. The average molecular weight is 537 g/mol. The van der Waals surface area contributed by atoms with Gasteiger partial charge in [-0.1, -0.05) is 19.1 Å². The minimum Gasteiger partial charge on any atom is -0.497 e. The van der Waals surface area contributed by atoms with Gasteiger partial charge in [0.25, 0.3) is 0 Å². The van der Waals surface area contributed by atoms with Crippen molar-refractivity contribution < 1.29 is 4.74 Å². The summed E-state index contributed by atoms with van der Waals surface area (Å²) >= 11 is 0. The maximum absolute atomic E-state index is 5.25. The van der Waals surface area contributed by atoms with Crippen molar-refractivity contribution in [1.29, 1.82) is 0 Å². The largest absolute Gasteiger partial charge is 0.497 e. The van der Waals surface area contributed by atoms with Crippen molar-refractivity contribution in [2.75, 3.05) is 38.2 Å². The Labute approximate surface area is 203 Å². The summed E-state index contributed by atoms with van der Waals surface area (Å²) in [4.78, 5) is 11.7. The number of guanidine groups is 1. The van der Waals surface area contributed by atoms with E-state index in [9.17, 15) is 0 Å². The second-order valence-electron chi connectivity index (χ2n) is 7.80. The van der Waals surface area contributed by atoms with Crippen LogP contribution in [-0.2, 0) is 6.54 Å². The number of hydrogen-bond acceptors (Lipinski definition) is 4. The number of nitrogens with one attached hydrogen (secondary N) is 2. The molecule has 1 fully saturated rings. The van der Waals surface area contributed by atoms with Crippen LogP contribution in [0.3, 0.4) is 0 Å². The van der Waals surface area contributed by atoms with Gasteiger partial charge < -0.3 is 20.3 Å². The molecule has 6 nitrogen and oxygen atoms in total. The predicted molar refractivity (Wildman–Crippen MR) is 140 cm³/mol. The molecule has 0 amide bonds. The van der Waals surface area contributed by atoms with Crippen LogP contribution in [0.1, 0.15) is 50.2 Å². The summed E-state index contributed by atoms with van der Waals surface area (Å²) in [5.74, 6) is 3.30.